The number of aromatic nitrogens is 3. The fourth-order valence-electron chi connectivity index (χ4n) is 4.93. The van der Waals surface area contributed by atoms with Gasteiger partial charge in [0.25, 0.3) is 5.92 Å². The smallest absolute Gasteiger partial charge is 0.277 e. The maximum Gasteiger partial charge on any atom is 0.277 e. The molecular formula is C21H30F2N8. The van der Waals surface area contributed by atoms with E-state index in [9.17, 15) is 8.78 Å². The monoisotopic (exact) mass is 432 g/mol. The second kappa shape index (κ2) is 8.42. The molecule has 168 valence electrons. The van der Waals surface area contributed by atoms with E-state index in [2.05, 4.69) is 39.7 Å². The molecule has 3 fully saturated rings. The van der Waals surface area contributed by atoms with Gasteiger partial charge < -0.3 is 15.5 Å². The van der Waals surface area contributed by atoms with Gasteiger partial charge in [-0.05, 0) is 25.5 Å². The van der Waals surface area contributed by atoms with Gasteiger partial charge in [-0.25, -0.2) is 19.2 Å². The number of hydrazine groups is 1. The third kappa shape index (κ3) is 4.30. The van der Waals surface area contributed by atoms with Crippen molar-refractivity contribution in [2.24, 2.45) is 5.92 Å². The highest BCUT2D eigenvalue weighted by Crippen LogP contribution is 2.38. The van der Waals surface area contributed by atoms with Crippen LogP contribution in [0.1, 0.15) is 36.7 Å². The Kier molecular flexibility index (Phi) is 5.63. The van der Waals surface area contributed by atoms with Gasteiger partial charge in [-0.3, -0.25) is 10.1 Å². The van der Waals surface area contributed by atoms with Crippen molar-refractivity contribution in [2.75, 3.05) is 37.6 Å². The van der Waals surface area contributed by atoms with Crippen LogP contribution in [-0.4, -0.2) is 59.5 Å². The fraction of sp³-hybridized carbons (Fsp3) is 0.619. The highest BCUT2D eigenvalue weighted by Gasteiger charge is 2.42. The summed E-state index contributed by atoms with van der Waals surface area (Å²) in [6.45, 7) is 4.22. The first kappa shape index (κ1) is 20.7. The zero-order valence-electron chi connectivity index (χ0n) is 17.7. The molecule has 0 bridgehead atoms. The van der Waals surface area contributed by atoms with Gasteiger partial charge in [0.1, 0.15) is 5.82 Å². The van der Waals surface area contributed by atoms with Crippen LogP contribution in [0, 0.1) is 5.92 Å². The van der Waals surface area contributed by atoms with Gasteiger partial charge in [0.2, 0.25) is 0 Å². The molecule has 5 heterocycles. The maximum absolute atomic E-state index is 14.1. The van der Waals surface area contributed by atoms with Crippen molar-refractivity contribution in [3.8, 4) is 0 Å². The lowest BCUT2D eigenvalue weighted by Gasteiger charge is -2.34. The van der Waals surface area contributed by atoms with Gasteiger partial charge in [-0.2, -0.15) is 5.10 Å². The number of pyridine rings is 1. The summed E-state index contributed by atoms with van der Waals surface area (Å²) in [7, 11) is 0. The average molecular weight is 433 g/mol. The van der Waals surface area contributed by atoms with Crippen molar-refractivity contribution in [1.82, 2.24) is 36.2 Å². The van der Waals surface area contributed by atoms with Gasteiger partial charge in [-0.15, -0.1) is 0 Å². The average Bonchev–Trinajstić information content (AvgIpc) is 3.38. The number of piperidine rings is 1. The van der Waals surface area contributed by atoms with Gasteiger partial charge in [0, 0.05) is 55.9 Å². The molecule has 5 rings (SSSR count). The molecule has 2 aromatic rings. The van der Waals surface area contributed by atoms with Gasteiger partial charge in [0.05, 0.1) is 31.0 Å². The van der Waals surface area contributed by atoms with E-state index in [4.69, 9.17) is 4.98 Å². The number of halogens is 2. The number of nitrogens with one attached hydrogen (secondary N) is 4. The number of anilines is 1. The second-order valence-corrected chi connectivity index (χ2v) is 8.74. The number of hydrogen-bond donors (Lipinski definition) is 4. The zero-order valence-corrected chi connectivity index (χ0v) is 17.7. The SMILES string of the molecule is CCn1cc(C2CC3C(CN2)NNC3c2cccc(N3CCNCC(F)(F)C3)n2)cn1. The van der Waals surface area contributed by atoms with Gasteiger partial charge in [0.15, 0.2) is 0 Å². The Labute approximate surface area is 180 Å². The van der Waals surface area contributed by atoms with Crippen LogP contribution in [0.2, 0.25) is 0 Å². The number of aryl methyl sites for hydroxylation is 1. The van der Waals surface area contributed by atoms with E-state index in [-0.39, 0.29) is 25.2 Å². The van der Waals surface area contributed by atoms with E-state index in [1.807, 2.05) is 29.1 Å². The predicted molar refractivity (Wildman–Crippen MR) is 114 cm³/mol. The van der Waals surface area contributed by atoms with Crippen LogP contribution in [-0.2, 0) is 6.54 Å². The van der Waals surface area contributed by atoms with Crippen molar-refractivity contribution in [2.45, 2.75) is 43.9 Å². The Morgan fingerprint density at radius 1 is 1.26 bits per heavy atom. The molecule has 4 N–H and O–H groups in total. The first-order valence-electron chi connectivity index (χ1n) is 11.1. The number of alkyl halides is 2. The Hall–Kier alpha value is -2.14. The minimum Gasteiger partial charge on any atom is -0.349 e. The van der Waals surface area contributed by atoms with Crippen molar-refractivity contribution in [3.05, 3.63) is 41.9 Å². The highest BCUT2D eigenvalue weighted by molar-refractivity contribution is 5.41. The Morgan fingerprint density at radius 3 is 3.00 bits per heavy atom. The molecule has 0 saturated carbocycles. The number of fused-ring (bicyclic) bond motifs is 1. The zero-order chi connectivity index (χ0) is 21.4. The number of rotatable bonds is 4. The lowest BCUT2D eigenvalue weighted by molar-refractivity contribution is 0.0156. The summed E-state index contributed by atoms with van der Waals surface area (Å²) in [4.78, 5) is 6.51. The molecule has 3 saturated heterocycles. The Bertz CT molecular complexity index is 903. The molecule has 8 nitrogen and oxygen atoms in total. The summed E-state index contributed by atoms with van der Waals surface area (Å²) in [5.74, 6) is -1.82. The topological polar surface area (TPSA) is 82.1 Å². The molecule has 0 aromatic carbocycles. The summed E-state index contributed by atoms with van der Waals surface area (Å²) < 4.78 is 30.1. The van der Waals surface area contributed by atoms with E-state index in [1.54, 1.807) is 4.90 Å². The van der Waals surface area contributed by atoms with Crippen molar-refractivity contribution in [3.63, 3.8) is 0 Å². The number of nitrogens with zero attached hydrogens (tertiary/aromatic N) is 4. The minimum atomic E-state index is -2.77. The molecule has 0 radical (unpaired) electrons. The van der Waals surface area contributed by atoms with Crippen molar-refractivity contribution < 1.29 is 8.78 Å². The Balaban J connectivity index is 1.34. The standard InChI is InChI=1S/C21H30F2N8/c1-2-31-11-14(9-26-31)17-8-15-18(10-25-17)28-29-20(15)16-4-3-5-19(27-16)30-7-6-24-12-21(22,23)13-30/h3-5,9,11,15,17-18,20,24-25,28-29H,2,6-8,10,12-13H2,1H3. The second-order valence-electron chi connectivity index (χ2n) is 8.74. The first-order chi connectivity index (χ1) is 15.0. The lowest BCUT2D eigenvalue weighted by Crippen LogP contribution is -2.46. The quantitative estimate of drug-likeness (QED) is 0.578. The summed E-state index contributed by atoms with van der Waals surface area (Å²) in [6, 6.07) is 6.30. The van der Waals surface area contributed by atoms with Crippen LogP contribution in [0.3, 0.4) is 0 Å². The normalized spacial score (nSPS) is 30.7. The molecular weight excluding hydrogens is 402 g/mol. The number of hydrogen-bond acceptors (Lipinski definition) is 7. The maximum atomic E-state index is 14.1. The third-order valence-corrected chi connectivity index (χ3v) is 6.60. The van der Waals surface area contributed by atoms with Crippen LogP contribution in [0.5, 0.6) is 0 Å². The first-order valence-corrected chi connectivity index (χ1v) is 11.1. The van der Waals surface area contributed by atoms with Gasteiger partial charge in [-0.1, -0.05) is 6.07 Å². The molecule has 10 heteroatoms. The minimum absolute atomic E-state index is 0.0291. The van der Waals surface area contributed by atoms with E-state index >= 15 is 0 Å². The highest BCUT2D eigenvalue weighted by atomic mass is 19.3. The molecule has 4 unspecified atom stereocenters. The molecule has 0 aliphatic carbocycles. The third-order valence-electron chi connectivity index (χ3n) is 6.60. The van der Waals surface area contributed by atoms with Crippen molar-refractivity contribution >= 4 is 5.82 Å². The molecule has 0 amide bonds. The van der Waals surface area contributed by atoms with Crippen LogP contribution >= 0.6 is 0 Å². The van der Waals surface area contributed by atoms with E-state index in [1.165, 1.54) is 5.56 Å². The van der Waals surface area contributed by atoms with Crippen LogP contribution < -0.4 is 26.4 Å². The lowest BCUT2D eigenvalue weighted by atomic mass is 9.82. The van der Waals surface area contributed by atoms with E-state index in [0.29, 0.717) is 30.9 Å². The summed E-state index contributed by atoms with van der Waals surface area (Å²) in [5.41, 5.74) is 8.90. The largest absolute Gasteiger partial charge is 0.349 e. The Morgan fingerprint density at radius 2 is 2.16 bits per heavy atom. The van der Waals surface area contributed by atoms with Crippen LogP contribution in [0.15, 0.2) is 30.6 Å². The molecule has 3 aliphatic heterocycles. The molecule has 3 aliphatic rings. The molecule has 0 spiro atoms. The van der Waals surface area contributed by atoms with Crippen molar-refractivity contribution in [1.29, 1.82) is 0 Å². The van der Waals surface area contributed by atoms with Crippen LogP contribution in [0.4, 0.5) is 14.6 Å². The fourth-order valence-corrected chi connectivity index (χ4v) is 4.93. The van der Waals surface area contributed by atoms with E-state index < -0.39 is 5.92 Å². The van der Waals surface area contributed by atoms with Gasteiger partial charge >= 0.3 is 0 Å². The molecule has 2 aromatic heterocycles. The summed E-state index contributed by atoms with van der Waals surface area (Å²) >= 11 is 0. The molecule has 31 heavy (non-hydrogen) atoms. The predicted octanol–water partition coefficient (Wildman–Crippen LogP) is 1.21. The summed E-state index contributed by atoms with van der Waals surface area (Å²) in [6.07, 6.45) is 5.00. The summed E-state index contributed by atoms with van der Waals surface area (Å²) in [5, 5.41) is 10.9. The molecule has 4 atom stereocenters. The van der Waals surface area contributed by atoms with Crippen LogP contribution in [0.25, 0.3) is 0 Å². The van der Waals surface area contributed by atoms with E-state index in [0.717, 1.165) is 25.2 Å².